The van der Waals surface area contributed by atoms with Gasteiger partial charge in [-0.05, 0) is 6.42 Å². The second kappa shape index (κ2) is 6.48. The average molecular weight is 113 g/mol. The van der Waals surface area contributed by atoms with Gasteiger partial charge in [0.15, 0.2) is 0 Å². The van der Waals surface area contributed by atoms with Gasteiger partial charge >= 0.3 is 0 Å². The van der Waals surface area contributed by atoms with Crippen molar-refractivity contribution in [2.75, 3.05) is 13.7 Å². The Balaban J connectivity index is 2.65. The van der Waals surface area contributed by atoms with Crippen LogP contribution in [0.2, 0.25) is 0 Å². The van der Waals surface area contributed by atoms with Gasteiger partial charge in [0.05, 0.1) is 7.11 Å². The zero-order chi connectivity index (χ0) is 6.24. The van der Waals surface area contributed by atoms with E-state index in [1.54, 1.807) is 7.11 Å². The lowest BCUT2D eigenvalue weighted by atomic mass is 10.3. The van der Waals surface area contributed by atoms with Crippen molar-refractivity contribution in [2.45, 2.75) is 12.8 Å². The molecule has 0 aliphatic heterocycles. The number of terminal acetylenes is 1. The van der Waals surface area contributed by atoms with E-state index >= 15 is 0 Å². The van der Waals surface area contributed by atoms with Crippen LogP contribution in [-0.2, 0) is 4.84 Å². The zero-order valence-electron chi connectivity index (χ0n) is 5.11. The van der Waals surface area contributed by atoms with Gasteiger partial charge in [0.1, 0.15) is 0 Å². The fraction of sp³-hybridized carbons (Fsp3) is 0.667. The Morgan fingerprint density at radius 3 is 3.00 bits per heavy atom. The summed E-state index contributed by atoms with van der Waals surface area (Å²) in [6, 6.07) is 0. The number of rotatable bonds is 4. The van der Waals surface area contributed by atoms with Crippen molar-refractivity contribution in [3.8, 4) is 12.3 Å². The Bertz CT molecular complexity index is 75.1. The molecule has 0 aromatic rings. The summed E-state index contributed by atoms with van der Waals surface area (Å²) in [5, 5.41) is 0. The van der Waals surface area contributed by atoms with Crippen molar-refractivity contribution in [2.24, 2.45) is 0 Å². The highest BCUT2D eigenvalue weighted by Gasteiger charge is 1.79. The molecule has 0 rings (SSSR count). The lowest BCUT2D eigenvalue weighted by molar-refractivity contribution is 0.0913. The van der Waals surface area contributed by atoms with Crippen molar-refractivity contribution in [1.29, 1.82) is 0 Å². The molecular weight excluding hydrogens is 102 g/mol. The van der Waals surface area contributed by atoms with Crippen LogP contribution in [0.3, 0.4) is 0 Å². The molecule has 2 nitrogen and oxygen atoms in total. The number of nitrogens with one attached hydrogen (secondary N) is 1. The van der Waals surface area contributed by atoms with Gasteiger partial charge in [-0.3, -0.25) is 0 Å². The van der Waals surface area contributed by atoms with Crippen molar-refractivity contribution >= 4 is 0 Å². The summed E-state index contributed by atoms with van der Waals surface area (Å²) in [5.74, 6) is 2.53. The van der Waals surface area contributed by atoms with Gasteiger partial charge in [0.2, 0.25) is 0 Å². The van der Waals surface area contributed by atoms with Crippen LogP contribution in [0.1, 0.15) is 12.8 Å². The molecule has 0 fully saturated rings. The fourth-order valence-corrected chi connectivity index (χ4v) is 0.365. The molecule has 0 aliphatic rings. The van der Waals surface area contributed by atoms with Crippen LogP contribution in [-0.4, -0.2) is 13.7 Å². The molecule has 0 unspecified atom stereocenters. The molecule has 2 heteroatoms. The van der Waals surface area contributed by atoms with Gasteiger partial charge in [-0.25, -0.2) is 5.48 Å². The minimum atomic E-state index is 0.816. The smallest absolute Gasteiger partial charge is 0.0572 e. The van der Waals surface area contributed by atoms with E-state index in [1.165, 1.54) is 0 Å². The van der Waals surface area contributed by atoms with E-state index < -0.39 is 0 Å². The molecule has 0 atom stereocenters. The molecule has 0 saturated carbocycles. The van der Waals surface area contributed by atoms with Crippen LogP contribution < -0.4 is 5.48 Å². The maximum atomic E-state index is 4.99. The van der Waals surface area contributed by atoms with Crippen LogP contribution in [0.5, 0.6) is 0 Å². The zero-order valence-corrected chi connectivity index (χ0v) is 5.11. The number of unbranched alkanes of at least 4 members (excludes halogenated alkanes) is 1. The maximum Gasteiger partial charge on any atom is 0.0572 e. The molecule has 0 saturated heterocycles. The Morgan fingerprint density at radius 2 is 2.50 bits per heavy atom. The molecular formula is C6H11NO. The predicted molar refractivity (Wildman–Crippen MR) is 33.1 cm³/mol. The SMILES string of the molecule is C#CCCCNOC. The minimum absolute atomic E-state index is 0.816. The predicted octanol–water partition coefficient (Wildman–Crippen LogP) is 0.551. The van der Waals surface area contributed by atoms with Crippen LogP contribution in [0.15, 0.2) is 0 Å². The molecule has 46 valence electrons. The highest BCUT2D eigenvalue weighted by atomic mass is 16.6. The van der Waals surface area contributed by atoms with E-state index in [0.29, 0.717) is 0 Å². The topological polar surface area (TPSA) is 21.3 Å². The normalized spacial score (nSPS) is 8.50. The summed E-state index contributed by atoms with van der Waals surface area (Å²) in [4.78, 5) is 4.57. The third kappa shape index (κ3) is 5.48. The molecule has 8 heavy (non-hydrogen) atoms. The number of hydrogen-bond acceptors (Lipinski definition) is 2. The minimum Gasteiger partial charge on any atom is -0.305 e. The highest BCUT2D eigenvalue weighted by molar-refractivity contribution is 4.82. The van der Waals surface area contributed by atoms with E-state index in [2.05, 4.69) is 16.2 Å². The van der Waals surface area contributed by atoms with Crippen LogP contribution in [0.25, 0.3) is 0 Å². The lowest BCUT2D eigenvalue weighted by Gasteiger charge is -1.95. The van der Waals surface area contributed by atoms with Gasteiger partial charge in [-0.1, -0.05) is 0 Å². The maximum absolute atomic E-state index is 4.99. The summed E-state index contributed by atoms with van der Waals surface area (Å²) in [6.45, 7) is 0.834. The first-order valence-corrected chi connectivity index (χ1v) is 2.61. The average Bonchev–Trinajstić information content (AvgIpc) is 1.81. The Morgan fingerprint density at radius 1 is 1.75 bits per heavy atom. The standard InChI is InChI=1S/C6H11NO/c1-3-4-5-6-7-8-2/h1,7H,4-6H2,2H3. The first-order valence-electron chi connectivity index (χ1n) is 2.61. The fourth-order valence-electron chi connectivity index (χ4n) is 0.365. The summed E-state index contributed by atoms with van der Waals surface area (Å²) < 4.78 is 0. The summed E-state index contributed by atoms with van der Waals surface area (Å²) in [7, 11) is 1.59. The van der Waals surface area contributed by atoms with E-state index in [9.17, 15) is 0 Å². The molecule has 0 spiro atoms. The first-order chi connectivity index (χ1) is 3.91. The van der Waals surface area contributed by atoms with Gasteiger partial charge in [0.25, 0.3) is 0 Å². The van der Waals surface area contributed by atoms with Crippen LogP contribution in [0, 0.1) is 12.3 Å². The van der Waals surface area contributed by atoms with Crippen molar-refractivity contribution in [3.05, 3.63) is 0 Å². The molecule has 0 heterocycles. The molecule has 0 aromatic carbocycles. The lowest BCUT2D eigenvalue weighted by Crippen LogP contribution is -2.12. The van der Waals surface area contributed by atoms with Crippen molar-refractivity contribution < 1.29 is 4.84 Å². The Labute approximate surface area is 50.2 Å². The summed E-state index contributed by atoms with van der Waals surface area (Å²) in [6.07, 6.45) is 6.78. The molecule has 0 aliphatic carbocycles. The molecule has 0 bridgehead atoms. The third-order valence-electron chi connectivity index (χ3n) is 0.744. The van der Waals surface area contributed by atoms with E-state index in [1.807, 2.05) is 0 Å². The second-order valence-corrected chi connectivity index (χ2v) is 1.41. The summed E-state index contributed by atoms with van der Waals surface area (Å²) in [5.41, 5.74) is 2.69. The Kier molecular flexibility index (Phi) is 6.06. The molecule has 0 amide bonds. The molecule has 0 radical (unpaired) electrons. The van der Waals surface area contributed by atoms with Crippen LogP contribution >= 0.6 is 0 Å². The van der Waals surface area contributed by atoms with E-state index in [-0.39, 0.29) is 0 Å². The monoisotopic (exact) mass is 113 g/mol. The number of hydroxylamine groups is 1. The first kappa shape index (κ1) is 7.48. The largest absolute Gasteiger partial charge is 0.305 e. The van der Waals surface area contributed by atoms with E-state index in [0.717, 1.165) is 19.4 Å². The van der Waals surface area contributed by atoms with Crippen molar-refractivity contribution in [1.82, 2.24) is 5.48 Å². The van der Waals surface area contributed by atoms with Crippen LogP contribution in [0.4, 0.5) is 0 Å². The van der Waals surface area contributed by atoms with Crippen molar-refractivity contribution in [3.63, 3.8) is 0 Å². The third-order valence-corrected chi connectivity index (χ3v) is 0.744. The van der Waals surface area contributed by atoms with Gasteiger partial charge in [-0.2, -0.15) is 0 Å². The Hall–Kier alpha value is -0.520. The van der Waals surface area contributed by atoms with E-state index in [4.69, 9.17) is 6.42 Å². The highest BCUT2D eigenvalue weighted by Crippen LogP contribution is 1.80. The summed E-state index contributed by atoms with van der Waals surface area (Å²) >= 11 is 0. The second-order valence-electron chi connectivity index (χ2n) is 1.41. The molecule has 0 aromatic heterocycles. The van der Waals surface area contributed by atoms with Gasteiger partial charge in [0, 0.05) is 13.0 Å². The van der Waals surface area contributed by atoms with Gasteiger partial charge in [-0.15, -0.1) is 12.3 Å². The van der Waals surface area contributed by atoms with Gasteiger partial charge < -0.3 is 4.84 Å². The molecule has 1 N–H and O–H groups in total. The number of hydrogen-bond donors (Lipinski definition) is 1. The quantitative estimate of drug-likeness (QED) is 0.326.